The first-order valence-corrected chi connectivity index (χ1v) is 10.9. The molecule has 0 amide bonds. The SMILES string of the molecule is CN1CCN(c2ccc3nc(-c4ccc5nc(-c6ccc(O)cc6)[nH]c5c4)[nH]c3c2)CC1.[Cl-]. The van der Waals surface area contributed by atoms with Crippen LogP contribution in [0.1, 0.15) is 0 Å². The smallest absolute Gasteiger partial charge is 0.138 e. The van der Waals surface area contributed by atoms with Gasteiger partial charge in [0.1, 0.15) is 17.4 Å². The average Bonchev–Trinajstić information content (AvgIpc) is 3.43. The van der Waals surface area contributed by atoms with Crippen molar-refractivity contribution in [3.8, 4) is 28.5 Å². The summed E-state index contributed by atoms with van der Waals surface area (Å²) in [5.41, 5.74) is 7.03. The van der Waals surface area contributed by atoms with Crippen LogP contribution < -0.4 is 17.3 Å². The normalized spacial score (nSPS) is 14.6. The van der Waals surface area contributed by atoms with Gasteiger partial charge < -0.3 is 37.3 Å². The van der Waals surface area contributed by atoms with Crippen LogP contribution in [0.3, 0.4) is 0 Å². The molecule has 3 heterocycles. The number of hydrogen-bond acceptors (Lipinski definition) is 5. The minimum absolute atomic E-state index is 0. The molecular weight excluding hydrogens is 436 g/mol. The molecule has 0 spiro atoms. The number of hydrogen-bond donors (Lipinski definition) is 3. The molecule has 1 saturated heterocycles. The van der Waals surface area contributed by atoms with Crippen LogP contribution >= 0.6 is 0 Å². The Hall–Kier alpha value is -3.55. The van der Waals surface area contributed by atoms with E-state index in [1.54, 1.807) is 12.1 Å². The summed E-state index contributed by atoms with van der Waals surface area (Å²) in [6, 6.07) is 19.6. The zero-order chi connectivity index (χ0) is 21.7. The first kappa shape index (κ1) is 21.3. The lowest BCUT2D eigenvalue weighted by Gasteiger charge is -2.34. The molecule has 6 rings (SSSR count). The number of aromatic nitrogens is 4. The quantitative estimate of drug-likeness (QED) is 0.378. The van der Waals surface area contributed by atoms with E-state index in [1.165, 1.54) is 5.69 Å². The van der Waals surface area contributed by atoms with Gasteiger partial charge in [0.2, 0.25) is 0 Å². The van der Waals surface area contributed by atoms with Gasteiger partial charge in [-0.05, 0) is 67.7 Å². The van der Waals surface area contributed by atoms with Crippen molar-refractivity contribution in [1.82, 2.24) is 24.8 Å². The summed E-state index contributed by atoms with van der Waals surface area (Å²) < 4.78 is 0. The van der Waals surface area contributed by atoms with Gasteiger partial charge in [-0.2, -0.15) is 0 Å². The van der Waals surface area contributed by atoms with Gasteiger partial charge in [0.05, 0.1) is 22.1 Å². The first-order chi connectivity index (χ1) is 15.6. The number of fused-ring (bicyclic) bond motifs is 2. The van der Waals surface area contributed by atoms with Crippen molar-refractivity contribution in [2.75, 3.05) is 38.1 Å². The molecule has 1 aliphatic rings. The van der Waals surface area contributed by atoms with Gasteiger partial charge >= 0.3 is 0 Å². The molecule has 0 radical (unpaired) electrons. The highest BCUT2D eigenvalue weighted by Crippen LogP contribution is 2.28. The summed E-state index contributed by atoms with van der Waals surface area (Å²) in [6.45, 7) is 4.26. The van der Waals surface area contributed by atoms with E-state index in [2.05, 4.69) is 56.1 Å². The number of aromatic amines is 2. The number of benzene rings is 3. The Morgan fingerprint density at radius 1 is 0.727 bits per heavy atom. The van der Waals surface area contributed by atoms with Gasteiger partial charge in [-0.25, -0.2) is 9.97 Å². The van der Waals surface area contributed by atoms with E-state index in [-0.39, 0.29) is 18.2 Å². The number of nitrogens with one attached hydrogen (secondary N) is 2. The number of imidazole rings is 2. The van der Waals surface area contributed by atoms with Crippen molar-refractivity contribution in [1.29, 1.82) is 0 Å². The summed E-state index contributed by atoms with van der Waals surface area (Å²) >= 11 is 0. The Kier molecular flexibility index (Phi) is 5.44. The number of phenolic OH excluding ortho intramolecular Hbond substituents is 1. The highest BCUT2D eigenvalue weighted by molar-refractivity contribution is 5.87. The molecular formula is C25H24ClN6O-. The van der Waals surface area contributed by atoms with Crippen molar-refractivity contribution in [2.24, 2.45) is 0 Å². The van der Waals surface area contributed by atoms with Crippen molar-refractivity contribution in [2.45, 2.75) is 0 Å². The summed E-state index contributed by atoms with van der Waals surface area (Å²) in [4.78, 5) is 21.2. The number of nitrogens with zero attached hydrogens (tertiary/aromatic N) is 4. The predicted molar refractivity (Wildman–Crippen MR) is 128 cm³/mol. The standard InChI is InChI=1S/C25H24N6O.ClH/c1-30-10-12-31(13-11-30)18-5-9-21-23(15-18)29-25(27-21)17-4-8-20-22(14-17)28-24(26-20)16-2-6-19(32)7-3-16;/h2-9,14-15,32H,10-13H2,1H3,(H,26,28)(H,27,29);1H/p-1. The third-order valence-electron chi connectivity index (χ3n) is 6.23. The summed E-state index contributed by atoms with van der Waals surface area (Å²) in [7, 11) is 2.17. The summed E-state index contributed by atoms with van der Waals surface area (Å²) in [6.07, 6.45) is 0. The Morgan fingerprint density at radius 2 is 1.30 bits per heavy atom. The number of rotatable bonds is 3. The molecule has 2 aromatic heterocycles. The van der Waals surface area contributed by atoms with Gasteiger partial charge in [-0.3, -0.25) is 0 Å². The van der Waals surface area contributed by atoms with E-state index in [0.29, 0.717) is 0 Å². The molecule has 7 nitrogen and oxygen atoms in total. The number of phenols is 1. The van der Waals surface area contributed by atoms with E-state index in [0.717, 1.165) is 71.0 Å². The Bertz CT molecular complexity index is 1420. The second kappa shape index (κ2) is 8.42. The molecule has 1 fully saturated rings. The van der Waals surface area contributed by atoms with E-state index in [9.17, 15) is 5.11 Å². The molecule has 0 unspecified atom stereocenters. The lowest BCUT2D eigenvalue weighted by Crippen LogP contribution is -3.00. The monoisotopic (exact) mass is 459 g/mol. The van der Waals surface area contributed by atoms with Gasteiger partial charge in [0.25, 0.3) is 0 Å². The number of H-pyrrole nitrogens is 2. The van der Waals surface area contributed by atoms with Gasteiger partial charge in [0, 0.05) is 43.0 Å². The van der Waals surface area contributed by atoms with Gasteiger partial charge in [-0.1, -0.05) is 0 Å². The van der Waals surface area contributed by atoms with Crippen LogP contribution in [0.2, 0.25) is 0 Å². The lowest BCUT2D eigenvalue weighted by molar-refractivity contribution is -0.00000761. The molecule has 1 aliphatic heterocycles. The van der Waals surface area contributed by atoms with E-state index < -0.39 is 0 Å². The minimum Gasteiger partial charge on any atom is -1.00 e. The molecule has 33 heavy (non-hydrogen) atoms. The average molecular weight is 460 g/mol. The highest BCUT2D eigenvalue weighted by Gasteiger charge is 2.16. The zero-order valence-electron chi connectivity index (χ0n) is 18.2. The van der Waals surface area contributed by atoms with E-state index in [4.69, 9.17) is 4.98 Å². The number of anilines is 1. The molecule has 0 saturated carbocycles. The Morgan fingerprint density at radius 3 is 2.00 bits per heavy atom. The number of likely N-dealkylation sites (N-methyl/N-ethyl adjacent to an activating group) is 1. The van der Waals surface area contributed by atoms with Crippen molar-refractivity contribution >= 4 is 27.8 Å². The number of halogens is 1. The fraction of sp³-hybridized carbons (Fsp3) is 0.200. The summed E-state index contributed by atoms with van der Waals surface area (Å²) in [5, 5.41) is 9.52. The van der Waals surface area contributed by atoms with Crippen LogP contribution in [-0.2, 0) is 0 Å². The van der Waals surface area contributed by atoms with Crippen LogP contribution in [0.4, 0.5) is 5.69 Å². The van der Waals surface area contributed by atoms with Crippen molar-refractivity contribution < 1.29 is 17.5 Å². The maximum Gasteiger partial charge on any atom is 0.138 e. The second-order valence-electron chi connectivity index (χ2n) is 8.44. The topological polar surface area (TPSA) is 84.1 Å². The molecule has 0 aliphatic carbocycles. The molecule has 8 heteroatoms. The predicted octanol–water partition coefficient (Wildman–Crippen LogP) is 1.23. The second-order valence-corrected chi connectivity index (χ2v) is 8.44. The maximum absolute atomic E-state index is 9.52. The van der Waals surface area contributed by atoms with Crippen molar-refractivity contribution in [3.05, 3.63) is 60.7 Å². The van der Waals surface area contributed by atoms with E-state index in [1.807, 2.05) is 24.3 Å². The molecule has 5 aromatic rings. The van der Waals surface area contributed by atoms with Crippen LogP contribution in [0.25, 0.3) is 44.8 Å². The number of piperazine rings is 1. The molecule has 3 aromatic carbocycles. The minimum atomic E-state index is 0. The third kappa shape index (κ3) is 4.01. The largest absolute Gasteiger partial charge is 1.00 e. The Balaban J connectivity index is 0.00000228. The first-order valence-electron chi connectivity index (χ1n) is 10.9. The van der Waals surface area contributed by atoms with E-state index >= 15 is 0 Å². The number of aromatic hydroxyl groups is 1. The molecule has 168 valence electrons. The van der Waals surface area contributed by atoms with Gasteiger partial charge in [-0.15, -0.1) is 0 Å². The van der Waals surface area contributed by atoms with Crippen LogP contribution in [-0.4, -0.2) is 63.2 Å². The fourth-order valence-electron chi connectivity index (χ4n) is 4.31. The maximum atomic E-state index is 9.52. The Labute approximate surface area is 197 Å². The zero-order valence-corrected chi connectivity index (χ0v) is 19.0. The summed E-state index contributed by atoms with van der Waals surface area (Å²) in [5.74, 6) is 1.87. The third-order valence-corrected chi connectivity index (χ3v) is 6.23. The van der Waals surface area contributed by atoms with Gasteiger partial charge in [0.15, 0.2) is 0 Å². The van der Waals surface area contributed by atoms with Crippen molar-refractivity contribution in [3.63, 3.8) is 0 Å². The van der Waals surface area contributed by atoms with Crippen LogP contribution in [0.15, 0.2) is 60.7 Å². The molecule has 0 atom stereocenters. The fourth-order valence-corrected chi connectivity index (χ4v) is 4.31. The van der Waals surface area contributed by atoms with Crippen LogP contribution in [0.5, 0.6) is 5.75 Å². The lowest BCUT2D eigenvalue weighted by atomic mass is 10.2. The molecule has 3 N–H and O–H groups in total. The highest BCUT2D eigenvalue weighted by atomic mass is 35.5. The molecule has 0 bridgehead atoms. The van der Waals surface area contributed by atoms with Crippen LogP contribution in [0, 0.1) is 0 Å².